The standard InChI is InChI=1S/C34H25BrN2O5/c1-18-16-20(12-15-26(18)35)36-27(38)17-42-34(41)19-10-13-21(14-11-19)37-32(39)30-28-22-6-2-3-7-23(22)29(31(30)33(37)40)25-9-5-4-8-24(25)28/h2-16,28-31H,17H2,1H3,(H,36,38)/t28?,29?,30-,31-/m1/s1. The van der Waals surface area contributed by atoms with Gasteiger partial charge in [-0.05, 0) is 77.2 Å². The van der Waals surface area contributed by atoms with Gasteiger partial charge in [-0.25, -0.2) is 9.69 Å². The van der Waals surface area contributed by atoms with Crippen molar-refractivity contribution in [1.29, 1.82) is 0 Å². The van der Waals surface area contributed by atoms with Crippen LogP contribution in [0.3, 0.4) is 0 Å². The van der Waals surface area contributed by atoms with Crippen LogP contribution in [-0.2, 0) is 19.1 Å². The number of esters is 1. The van der Waals surface area contributed by atoms with Crippen LogP contribution in [0.25, 0.3) is 0 Å². The van der Waals surface area contributed by atoms with Crippen LogP contribution in [0.4, 0.5) is 11.4 Å². The number of ether oxygens (including phenoxy) is 1. The van der Waals surface area contributed by atoms with Crippen molar-refractivity contribution >= 4 is 51.0 Å². The van der Waals surface area contributed by atoms with Gasteiger partial charge in [0.1, 0.15) is 0 Å². The average Bonchev–Trinajstić information content (AvgIpc) is 3.28. The Hall–Kier alpha value is -4.56. The van der Waals surface area contributed by atoms with Crippen molar-refractivity contribution in [3.8, 4) is 0 Å². The predicted molar refractivity (Wildman–Crippen MR) is 160 cm³/mol. The highest BCUT2D eigenvalue weighted by Gasteiger charge is 2.61. The van der Waals surface area contributed by atoms with Crippen LogP contribution in [0.1, 0.15) is 50.0 Å². The fourth-order valence-electron chi connectivity index (χ4n) is 6.81. The SMILES string of the molecule is Cc1cc(NC(=O)COC(=O)c2ccc(N3C(=O)[C@@H]4C5c6ccccc6C(c6ccccc65)[C@H]4C3=O)cc2)ccc1Br. The second-order valence-electron chi connectivity index (χ2n) is 10.9. The first-order valence-electron chi connectivity index (χ1n) is 13.7. The van der Waals surface area contributed by atoms with Gasteiger partial charge in [-0.3, -0.25) is 14.4 Å². The van der Waals surface area contributed by atoms with Gasteiger partial charge in [-0.2, -0.15) is 0 Å². The number of imide groups is 1. The molecule has 2 bridgehead atoms. The quantitative estimate of drug-likeness (QED) is 0.220. The molecule has 1 saturated heterocycles. The van der Waals surface area contributed by atoms with Crippen molar-refractivity contribution < 1.29 is 23.9 Å². The van der Waals surface area contributed by atoms with E-state index in [1.807, 2.05) is 43.3 Å². The molecule has 0 unspecified atom stereocenters. The summed E-state index contributed by atoms with van der Waals surface area (Å²) in [4.78, 5) is 54.1. The Morgan fingerprint density at radius 1 is 0.786 bits per heavy atom. The molecule has 3 amide bonds. The summed E-state index contributed by atoms with van der Waals surface area (Å²) in [5, 5.41) is 2.70. The first-order valence-corrected chi connectivity index (χ1v) is 14.5. The van der Waals surface area contributed by atoms with Crippen molar-refractivity contribution in [3.63, 3.8) is 0 Å². The molecule has 1 fully saturated rings. The number of carbonyl (C=O) groups is 4. The van der Waals surface area contributed by atoms with E-state index in [1.54, 1.807) is 18.2 Å². The molecule has 0 saturated carbocycles. The second kappa shape index (κ2) is 10.1. The minimum absolute atomic E-state index is 0.185. The molecule has 7 nitrogen and oxygen atoms in total. The largest absolute Gasteiger partial charge is 0.452 e. The van der Waals surface area contributed by atoms with E-state index < -0.39 is 30.3 Å². The van der Waals surface area contributed by atoms with Gasteiger partial charge in [0.05, 0.1) is 23.1 Å². The molecule has 42 heavy (non-hydrogen) atoms. The number of halogens is 1. The van der Waals surface area contributed by atoms with Crippen LogP contribution >= 0.6 is 15.9 Å². The molecule has 4 aromatic carbocycles. The number of amides is 3. The molecule has 3 aliphatic carbocycles. The molecule has 8 rings (SSSR count). The van der Waals surface area contributed by atoms with E-state index in [1.165, 1.54) is 17.0 Å². The molecule has 0 spiro atoms. The first-order chi connectivity index (χ1) is 20.3. The summed E-state index contributed by atoms with van der Waals surface area (Å²) >= 11 is 3.42. The molecule has 1 heterocycles. The maximum Gasteiger partial charge on any atom is 0.338 e. The summed E-state index contributed by atoms with van der Waals surface area (Å²) in [6, 6.07) is 27.8. The number of hydrogen-bond donors (Lipinski definition) is 1. The molecular weight excluding hydrogens is 596 g/mol. The van der Waals surface area contributed by atoms with Gasteiger partial charge < -0.3 is 10.1 Å². The molecule has 2 atom stereocenters. The zero-order valence-corrected chi connectivity index (χ0v) is 24.1. The van der Waals surface area contributed by atoms with Gasteiger partial charge in [0.25, 0.3) is 5.91 Å². The summed E-state index contributed by atoms with van der Waals surface area (Å²) in [5.41, 5.74) is 6.63. The summed E-state index contributed by atoms with van der Waals surface area (Å²) in [7, 11) is 0. The number of nitrogens with zero attached hydrogens (tertiary/aromatic N) is 1. The maximum absolute atomic E-state index is 13.9. The van der Waals surface area contributed by atoms with Crippen LogP contribution in [-0.4, -0.2) is 30.3 Å². The molecular formula is C34H25BrN2O5. The molecule has 0 radical (unpaired) electrons. The molecule has 4 aliphatic rings. The van der Waals surface area contributed by atoms with E-state index in [9.17, 15) is 19.2 Å². The smallest absolute Gasteiger partial charge is 0.338 e. The lowest BCUT2D eigenvalue weighted by molar-refractivity contribution is -0.122. The molecule has 1 N–H and O–H groups in total. The molecule has 8 heteroatoms. The lowest BCUT2D eigenvalue weighted by atomic mass is 9.55. The highest BCUT2D eigenvalue weighted by molar-refractivity contribution is 9.10. The van der Waals surface area contributed by atoms with E-state index in [0.29, 0.717) is 11.4 Å². The Morgan fingerprint density at radius 2 is 1.31 bits per heavy atom. The summed E-state index contributed by atoms with van der Waals surface area (Å²) in [6.45, 7) is 1.45. The van der Waals surface area contributed by atoms with Gasteiger partial charge in [0, 0.05) is 22.0 Å². The van der Waals surface area contributed by atoms with Crippen molar-refractivity contribution in [3.05, 3.63) is 129 Å². The zero-order valence-electron chi connectivity index (χ0n) is 22.5. The minimum atomic E-state index is -0.680. The maximum atomic E-state index is 13.9. The van der Waals surface area contributed by atoms with E-state index in [0.717, 1.165) is 32.3 Å². The van der Waals surface area contributed by atoms with Gasteiger partial charge >= 0.3 is 5.97 Å². The van der Waals surface area contributed by atoms with E-state index in [4.69, 9.17) is 4.74 Å². The van der Waals surface area contributed by atoms with Gasteiger partial charge in [0.15, 0.2) is 6.61 Å². The molecule has 4 aromatic rings. The fourth-order valence-corrected chi connectivity index (χ4v) is 7.06. The van der Waals surface area contributed by atoms with E-state index in [2.05, 4.69) is 45.5 Å². The average molecular weight is 621 g/mol. The third kappa shape index (κ3) is 4.09. The van der Waals surface area contributed by atoms with Crippen LogP contribution in [0.2, 0.25) is 0 Å². The van der Waals surface area contributed by atoms with Crippen molar-refractivity contribution in [2.45, 2.75) is 18.8 Å². The van der Waals surface area contributed by atoms with Crippen LogP contribution in [0.15, 0.2) is 95.5 Å². The molecule has 1 aliphatic heterocycles. The van der Waals surface area contributed by atoms with E-state index in [-0.39, 0.29) is 29.2 Å². The summed E-state index contributed by atoms with van der Waals surface area (Å²) in [6.07, 6.45) is 0. The van der Waals surface area contributed by atoms with Crippen LogP contribution < -0.4 is 10.2 Å². The second-order valence-corrected chi connectivity index (χ2v) is 11.8. The fraction of sp³-hybridized carbons (Fsp3) is 0.176. The zero-order chi connectivity index (χ0) is 29.1. The van der Waals surface area contributed by atoms with Crippen LogP contribution in [0, 0.1) is 18.8 Å². The number of aryl methyl sites for hydroxylation is 1. The Balaban J connectivity index is 1.08. The highest BCUT2D eigenvalue weighted by Crippen LogP contribution is 2.61. The van der Waals surface area contributed by atoms with Crippen molar-refractivity contribution in [2.75, 3.05) is 16.8 Å². The molecule has 0 aromatic heterocycles. The summed E-state index contributed by atoms with van der Waals surface area (Å²) in [5.74, 6) is -2.92. The number of benzene rings is 4. The first kappa shape index (κ1) is 26.3. The van der Waals surface area contributed by atoms with Crippen LogP contribution in [0.5, 0.6) is 0 Å². The molecule has 208 valence electrons. The van der Waals surface area contributed by atoms with Gasteiger partial charge in [0.2, 0.25) is 11.8 Å². The number of rotatable bonds is 5. The number of hydrogen-bond acceptors (Lipinski definition) is 5. The monoisotopic (exact) mass is 620 g/mol. The normalized spacial score (nSPS) is 21.4. The number of carbonyl (C=O) groups excluding carboxylic acids is 4. The summed E-state index contributed by atoms with van der Waals surface area (Å²) < 4.78 is 6.13. The Bertz CT molecular complexity index is 1680. The van der Waals surface area contributed by atoms with Crippen molar-refractivity contribution in [1.82, 2.24) is 0 Å². The topological polar surface area (TPSA) is 92.8 Å². The van der Waals surface area contributed by atoms with Crippen molar-refractivity contribution in [2.24, 2.45) is 11.8 Å². The van der Waals surface area contributed by atoms with Gasteiger partial charge in [-0.1, -0.05) is 64.5 Å². The lowest BCUT2D eigenvalue weighted by Crippen LogP contribution is -2.41. The highest BCUT2D eigenvalue weighted by atomic mass is 79.9. The Labute approximate surface area is 250 Å². The Kier molecular flexibility index (Phi) is 6.31. The number of anilines is 2. The number of nitrogens with one attached hydrogen (secondary N) is 1. The predicted octanol–water partition coefficient (Wildman–Crippen LogP) is 5.95. The third-order valence-electron chi connectivity index (χ3n) is 8.59. The third-order valence-corrected chi connectivity index (χ3v) is 9.48. The lowest BCUT2D eigenvalue weighted by Gasteiger charge is -2.45. The van der Waals surface area contributed by atoms with Gasteiger partial charge in [-0.15, -0.1) is 0 Å². The van der Waals surface area contributed by atoms with E-state index >= 15 is 0 Å². The minimum Gasteiger partial charge on any atom is -0.452 e. The Morgan fingerprint density at radius 3 is 1.81 bits per heavy atom.